The van der Waals surface area contributed by atoms with Crippen LogP contribution in [0.15, 0.2) is 59.5 Å². The number of rotatable bonds is 7. The molecule has 1 saturated heterocycles. The lowest BCUT2D eigenvalue weighted by Crippen LogP contribution is -2.24. The molecular formula is C23H24N4O6. The Morgan fingerprint density at radius 2 is 2.00 bits per heavy atom. The van der Waals surface area contributed by atoms with Crippen molar-refractivity contribution in [1.82, 2.24) is 4.98 Å². The van der Waals surface area contributed by atoms with Crippen LogP contribution in [-0.4, -0.2) is 37.4 Å². The van der Waals surface area contributed by atoms with Crippen molar-refractivity contribution in [2.24, 2.45) is 11.7 Å². The van der Waals surface area contributed by atoms with Crippen LogP contribution in [0.5, 0.6) is 5.75 Å². The second-order valence-corrected chi connectivity index (χ2v) is 7.47. The molecule has 2 heterocycles. The minimum atomic E-state index is -0.856. The largest absolute Gasteiger partial charge is 0.496 e. The molecule has 1 aliphatic heterocycles. The number of nitrogens with one attached hydrogen (secondary N) is 2. The maximum absolute atomic E-state index is 12.6. The molecule has 2 aromatic carbocycles. The van der Waals surface area contributed by atoms with E-state index in [1.54, 1.807) is 42.6 Å². The smallest absolute Gasteiger partial charge is 0.405 e. The van der Waals surface area contributed by atoms with E-state index in [1.807, 2.05) is 6.07 Å². The normalized spacial score (nSPS) is 16.1. The number of hydrogen-bond acceptors (Lipinski definition) is 7. The molecule has 3 amide bonds. The topological polar surface area (TPSA) is 138 Å². The average Bonchev–Trinajstić information content (AvgIpc) is 3.52. The van der Waals surface area contributed by atoms with Crippen molar-refractivity contribution in [2.75, 3.05) is 31.0 Å². The predicted octanol–water partition coefficient (Wildman–Crippen LogP) is 4.17. The molecule has 1 aliphatic rings. The highest BCUT2D eigenvalue weighted by Gasteiger charge is 2.30. The summed E-state index contributed by atoms with van der Waals surface area (Å²) in [6, 6.07) is 11.8. The van der Waals surface area contributed by atoms with Crippen LogP contribution in [0.3, 0.4) is 0 Å². The van der Waals surface area contributed by atoms with Gasteiger partial charge in [-0.1, -0.05) is 12.1 Å². The van der Waals surface area contributed by atoms with Crippen molar-refractivity contribution in [1.29, 1.82) is 0 Å². The fraction of sp³-hybridized carbons (Fsp3) is 0.261. The quantitative estimate of drug-likeness (QED) is 0.489. The Hall–Kier alpha value is -4.05. The number of carbonyl (C=O) groups excluding carboxylic acids is 2. The molecule has 3 aromatic rings. The van der Waals surface area contributed by atoms with Crippen LogP contribution in [0.1, 0.15) is 18.1 Å². The summed E-state index contributed by atoms with van der Waals surface area (Å²) in [5.74, 6) is 1.08. The van der Waals surface area contributed by atoms with Crippen LogP contribution < -0.4 is 21.1 Å². The molecule has 33 heavy (non-hydrogen) atoms. The molecular weight excluding hydrogens is 428 g/mol. The van der Waals surface area contributed by atoms with Gasteiger partial charge in [0.1, 0.15) is 11.9 Å². The van der Waals surface area contributed by atoms with Crippen molar-refractivity contribution in [3.8, 4) is 17.1 Å². The van der Waals surface area contributed by atoms with Crippen LogP contribution in [0, 0.1) is 5.92 Å². The second kappa shape index (κ2) is 10.0. The maximum Gasteiger partial charge on any atom is 0.405 e. The van der Waals surface area contributed by atoms with E-state index in [0.717, 1.165) is 12.0 Å². The first-order valence-corrected chi connectivity index (χ1v) is 10.3. The third-order valence-corrected chi connectivity index (χ3v) is 5.27. The van der Waals surface area contributed by atoms with Crippen LogP contribution in [0.25, 0.3) is 11.3 Å². The highest BCUT2D eigenvalue weighted by molar-refractivity contribution is 6.00. The lowest BCUT2D eigenvalue weighted by Gasteiger charge is -2.22. The van der Waals surface area contributed by atoms with E-state index in [1.165, 1.54) is 13.5 Å². The van der Waals surface area contributed by atoms with E-state index in [4.69, 9.17) is 24.4 Å². The number of amides is 3. The Kier molecular flexibility index (Phi) is 6.75. The molecule has 4 rings (SSSR count). The molecule has 1 fully saturated rings. The number of carbonyl (C=O) groups is 2. The summed E-state index contributed by atoms with van der Waals surface area (Å²) < 4.78 is 21.5. The van der Waals surface area contributed by atoms with Crippen molar-refractivity contribution in [3.63, 3.8) is 0 Å². The van der Waals surface area contributed by atoms with Crippen molar-refractivity contribution < 1.29 is 28.2 Å². The maximum atomic E-state index is 12.6. The van der Waals surface area contributed by atoms with E-state index in [9.17, 15) is 9.59 Å². The Balaban J connectivity index is 1.46. The van der Waals surface area contributed by atoms with Crippen LogP contribution in [0.4, 0.5) is 21.0 Å². The standard InChI is InChI=1S/C23H24N4O6/c1-30-19-10-17(5-6-18(19)20-11-25-13-32-20)27-23(29)26-16-4-2-3-14(9-16)21(33-22(24)28)15-7-8-31-12-15/h2-6,9-11,13,15,21H,7-8,12H2,1H3,(H2,24,28)(H2,26,27,29). The van der Waals surface area contributed by atoms with Gasteiger partial charge in [0, 0.05) is 30.0 Å². The number of ether oxygens (including phenoxy) is 3. The predicted molar refractivity (Wildman–Crippen MR) is 120 cm³/mol. The molecule has 0 saturated carbocycles. The van der Waals surface area contributed by atoms with Crippen LogP contribution in [0.2, 0.25) is 0 Å². The number of nitrogens with two attached hydrogens (primary N) is 1. The van der Waals surface area contributed by atoms with Gasteiger partial charge in [0.25, 0.3) is 0 Å². The van der Waals surface area contributed by atoms with Crippen molar-refractivity contribution >= 4 is 23.5 Å². The number of methoxy groups -OCH3 is 1. The van der Waals surface area contributed by atoms with Gasteiger partial charge in [-0.3, -0.25) is 0 Å². The summed E-state index contributed by atoms with van der Waals surface area (Å²) in [5, 5.41) is 5.56. The molecule has 1 aromatic heterocycles. The number of primary amides is 1. The first-order valence-electron chi connectivity index (χ1n) is 10.3. The Bertz CT molecular complexity index is 1110. The fourth-order valence-electron chi connectivity index (χ4n) is 3.76. The Labute approximate surface area is 190 Å². The highest BCUT2D eigenvalue weighted by Crippen LogP contribution is 2.34. The molecule has 10 heteroatoms. The zero-order valence-electron chi connectivity index (χ0n) is 17.9. The third kappa shape index (κ3) is 5.42. The average molecular weight is 452 g/mol. The number of urea groups is 1. The van der Waals surface area contributed by atoms with Crippen molar-refractivity contribution in [2.45, 2.75) is 12.5 Å². The molecule has 172 valence electrons. The number of anilines is 2. The summed E-state index contributed by atoms with van der Waals surface area (Å²) in [6.45, 7) is 1.07. The number of aromatic nitrogens is 1. The fourth-order valence-corrected chi connectivity index (χ4v) is 3.76. The van der Waals surface area contributed by atoms with E-state index >= 15 is 0 Å². The molecule has 2 unspecified atom stereocenters. The van der Waals surface area contributed by atoms with Gasteiger partial charge in [-0.05, 0) is 36.2 Å². The monoisotopic (exact) mass is 452 g/mol. The van der Waals surface area contributed by atoms with E-state index in [0.29, 0.717) is 41.7 Å². The summed E-state index contributed by atoms with van der Waals surface area (Å²) in [5.41, 5.74) is 7.77. The molecule has 0 bridgehead atoms. The van der Waals surface area contributed by atoms with Gasteiger partial charge in [0.15, 0.2) is 12.2 Å². The minimum absolute atomic E-state index is 0.00285. The van der Waals surface area contributed by atoms with Gasteiger partial charge in [0.05, 0.1) is 25.5 Å². The molecule has 4 N–H and O–H groups in total. The van der Waals surface area contributed by atoms with Gasteiger partial charge in [-0.15, -0.1) is 0 Å². The number of nitrogens with zero attached hydrogens (tertiary/aromatic N) is 1. The van der Waals surface area contributed by atoms with Gasteiger partial charge in [-0.2, -0.15) is 0 Å². The van der Waals surface area contributed by atoms with E-state index in [2.05, 4.69) is 15.6 Å². The zero-order chi connectivity index (χ0) is 23.2. The summed E-state index contributed by atoms with van der Waals surface area (Å²) in [4.78, 5) is 27.9. The molecule has 2 atom stereocenters. The SMILES string of the molecule is COc1cc(NC(=O)Nc2cccc(C(OC(N)=O)C3CCOC3)c2)ccc1-c1cnco1. The Morgan fingerprint density at radius 1 is 1.18 bits per heavy atom. The van der Waals surface area contributed by atoms with Gasteiger partial charge >= 0.3 is 12.1 Å². The van der Waals surface area contributed by atoms with Crippen LogP contribution >= 0.6 is 0 Å². The summed E-state index contributed by atoms with van der Waals surface area (Å²) in [6.07, 6.45) is 2.26. The third-order valence-electron chi connectivity index (χ3n) is 5.27. The first-order chi connectivity index (χ1) is 16.0. The lowest BCUT2D eigenvalue weighted by atomic mass is 9.94. The number of oxazole rings is 1. The molecule has 0 aliphatic carbocycles. The second-order valence-electron chi connectivity index (χ2n) is 7.47. The molecule has 0 spiro atoms. The number of hydrogen-bond donors (Lipinski definition) is 3. The van der Waals surface area contributed by atoms with E-state index < -0.39 is 18.2 Å². The zero-order valence-corrected chi connectivity index (χ0v) is 17.9. The van der Waals surface area contributed by atoms with E-state index in [-0.39, 0.29) is 5.92 Å². The number of benzene rings is 2. The first kappa shape index (κ1) is 22.2. The lowest BCUT2D eigenvalue weighted by molar-refractivity contribution is 0.0606. The molecule has 10 nitrogen and oxygen atoms in total. The van der Waals surface area contributed by atoms with Gasteiger partial charge in [-0.25, -0.2) is 14.6 Å². The van der Waals surface area contributed by atoms with Crippen LogP contribution in [-0.2, 0) is 9.47 Å². The summed E-state index contributed by atoms with van der Waals surface area (Å²) >= 11 is 0. The van der Waals surface area contributed by atoms with Gasteiger partial charge < -0.3 is 35.0 Å². The summed E-state index contributed by atoms with van der Waals surface area (Å²) in [7, 11) is 1.53. The molecule has 0 radical (unpaired) electrons. The Morgan fingerprint density at radius 3 is 2.67 bits per heavy atom. The minimum Gasteiger partial charge on any atom is -0.496 e. The van der Waals surface area contributed by atoms with Gasteiger partial charge in [0.2, 0.25) is 0 Å². The highest BCUT2D eigenvalue weighted by atomic mass is 16.6. The van der Waals surface area contributed by atoms with Crippen molar-refractivity contribution in [3.05, 3.63) is 60.6 Å².